The van der Waals surface area contributed by atoms with Crippen LogP contribution >= 0.6 is 35.3 Å². The van der Waals surface area contributed by atoms with Crippen LogP contribution in [0.5, 0.6) is 5.75 Å². The van der Waals surface area contributed by atoms with E-state index in [0.717, 1.165) is 0 Å². The molecule has 0 spiro atoms. The molecule has 1 aromatic carbocycles. The summed E-state index contributed by atoms with van der Waals surface area (Å²) in [6.07, 6.45) is 5.35. The van der Waals surface area contributed by atoms with Gasteiger partial charge in [0.15, 0.2) is 5.69 Å². The first-order chi connectivity index (χ1) is 20.0. The SMILES string of the molecule is COC(=O)C(CSC)N(C)C(=O)C(CSC)N(C)C(=O)CNC(=O)C(CSC)NC(=O)c1nc2ccccc2cc1O. The maximum atomic E-state index is 13.4. The lowest BCUT2D eigenvalue weighted by Gasteiger charge is -2.33. The number of thioether (sulfide) groups is 3. The summed E-state index contributed by atoms with van der Waals surface area (Å²) in [6.45, 7) is -0.428. The van der Waals surface area contributed by atoms with E-state index in [1.165, 1.54) is 72.4 Å². The predicted molar refractivity (Wildman–Crippen MR) is 168 cm³/mol. The second-order valence-corrected chi connectivity index (χ2v) is 11.9. The van der Waals surface area contributed by atoms with Gasteiger partial charge in [-0.15, -0.1) is 0 Å². The Morgan fingerprint density at radius 1 is 0.952 bits per heavy atom. The van der Waals surface area contributed by atoms with Crippen molar-refractivity contribution in [2.45, 2.75) is 18.1 Å². The molecule has 1 heterocycles. The molecule has 4 amide bonds. The normalized spacial score (nSPS) is 13.0. The number of esters is 1. The second-order valence-electron chi connectivity index (χ2n) is 9.17. The molecule has 230 valence electrons. The molecule has 0 aliphatic carbocycles. The van der Waals surface area contributed by atoms with Crippen molar-refractivity contribution < 1.29 is 33.8 Å². The van der Waals surface area contributed by atoms with Gasteiger partial charge in [-0.2, -0.15) is 35.3 Å². The molecule has 0 bridgehead atoms. The van der Waals surface area contributed by atoms with Crippen molar-refractivity contribution in [2.24, 2.45) is 0 Å². The Morgan fingerprint density at radius 3 is 2.19 bits per heavy atom. The summed E-state index contributed by atoms with van der Waals surface area (Å²) in [5.41, 5.74) is 0.281. The number of fused-ring (bicyclic) bond motifs is 1. The average molecular weight is 640 g/mol. The molecule has 0 saturated heterocycles. The van der Waals surface area contributed by atoms with Crippen LogP contribution in [0.3, 0.4) is 0 Å². The summed E-state index contributed by atoms with van der Waals surface area (Å²) < 4.78 is 4.84. The highest BCUT2D eigenvalue weighted by molar-refractivity contribution is 7.99. The molecule has 12 nitrogen and oxygen atoms in total. The van der Waals surface area contributed by atoms with Crippen LogP contribution in [-0.4, -0.2) is 131 Å². The van der Waals surface area contributed by atoms with Crippen LogP contribution < -0.4 is 10.6 Å². The molecule has 2 aromatic rings. The van der Waals surface area contributed by atoms with Crippen molar-refractivity contribution in [3.63, 3.8) is 0 Å². The summed E-state index contributed by atoms with van der Waals surface area (Å²) in [7, 11) is 4.20. The van der Waals surface area contributed by atoms with E-state index in [9.17, 15) is 29.1 Å². The van der Waals surface area contributed by atoms with E-state index < -0.39 is 54.3 Å². The molecular formula is C27H37N5O7S3. The van der Waals surface area contributed by atoms with Gasteiger partial charge >= 0.3 is 5.97 Å². The highest BCUT2D eigenvalue weighted by Gasteiger charge is 2.35. The Bertz CT molecular complexity index is 1280. The van der Waals surface area contributed by atoms with E-state index in [4.69, 9.17) is 4.74 Å². The number of nitrogens with one attached hydrogen (secondary N) is 2. The molecule has 3 atom stereocenters. The molecule has 0 radical (unpaired) electrons. The number of aromatic nitrogens is 1. The zero-order valence-corrected chi connectivity index (χ0v) is 26.9. The summed E-state index contributed by atoms with van der Waals surface area (Å²) in [6, 6.07) is 5.66. The third kappa shape index (κ3) is 9.16. The van der Waals surface area contributed by atoms with Gasteiger partial charge in [-0.3, -0.25) is 19.2 Å². The van der Waals surface area contributed by atoms with Crippen LogP contribution in [0, 0.1) is 0 Å². The van der Waals surface area contributed by atoms with Crippen LogP contribution in [0.25, 0.3) is 10.9 Å². The van der Waals surface area contributed by atoms with Gasteiger partial charge in [0.2, 0.25) is 17.7 Å². The van der Waals surface area contributed by atoms with Crippen LogP contribution in [0.4, 0.5) is 0 Å². The lowest BCUT2D eigenvalue weighted by Crippen LogP contribution is -2.56. The molecule has 0 saturated carbocycles. The minimum atomic E-state index is -1.03. The molecule has 15 heteroatoms. The summed E-state index contributed by atoms with van der Waals surface area (Å²) in [4.78, 5) is 71.4. The number of ether oxygens (including phenoxy) is 1. The standard InChI is InChI=1S/C27H37N5O7S3/c1-31(19(14-41-5)26(37)32(2)20(15-42-6)27(38)39-3)22(34)12-28-24(35)18(13-40-4)30-25(36)23-21(33)11-16-9-7-8-10-17(16)29-23/h7-11,18-20,33H,12-15H2,1-6H3,(H,28,35)(H,30,36). The first-order valence-corrected chi connectivity index (χ1v) is 16.9. The second kappa shape index (κ2) is 17.1. The zero-order valence-electron chi connectivity index (χ0n) is 24.4. The predicted octanol–water partition coefficient (Wildman–Crippen LogP) is 1.07. The van der Waals surface area contributed by atoms with Crippen molar-refractivity contribution in [3.8, 4) is 5.75 Å². The van der Waals surface area contributed by atoms with Gasteiger partial charge in [0.25, 0.3) is 5.91 Å². The first-order valence-electron chi connectivity index (χ1n) is 12.7. The lowest BCUT2D eigenvalue weighted by atomic mass is 10.1. The molecule has 0 aliphatic rings. The van der Waals surface area contributed by atoms with Gasteiger partial charge < -0.3 is 30.3 Å². The topological polar surface area (TPSA) is 158 Å². The molecule has 3 N–H and O–H groups in total. The largest absolute Gasteiger partial charge is 0.505 e. The number of amides is 4. The van der Waals surface area contributed by atoms with Crippen molar-refractivity contribution in [1.82, 2.24) is 25.4 Å². The molecule has 3 unspecified atom stereocenters. The highest BCUT2D eigenvalue weighted by atomic mass is 32.2. The van der Waals surface area contributed by atoms with Crippen molar-refractivity contribution in [2.75, 3.05) is 63.8 Å². The molecule has 0 fully saturated rings. The Balaban J connectivity index is 2.10. The van der Waals surface area contributed by atoms with E-state index in [-0.39, 0.29) is 22.9 Å². The fourth-order valence-corrected chi connectivity index (χ4v) is 5.89. The first kappa shape index (κ1) is 35.0. The Labute approximate surface area is 258 Å². The van der Waals surface area contributed by atoms with Crippen molar-refractivity contribution in [3.05, 3.63) is 36.0 Å². The fraction of sp³-hybridized carbons (Fsp3) is 0.481. The molecule has 42 heavy (non-hydrogen) atoms. The van der Waals surface area contributed by atoms with E-state index >= 15 is 0 Å². The minimum absolute atomic E-state index is 0.193. The molecular weight excluding hydrogens is 603 g/mol. The summed E-state index contributed by atoms with van der Waals surface area (Å²) in [5, 5.41) is 16.1. The van der Waals surface area contributed by atoms with Gasteiger partial charge in [-0.25, -0.2) is 9.78 Å². The number of nitrogens with zero attached hydrogens (tertiary/aromatic N) is 3. The number of aromatic hydroxyl groups is 1. The number of benzene rings is 1. The van der Waals surface area contributed by atoms with E-state index in [0.29, 0.717) is 16.7 Å². The van der Waals surface area contributed by atoms with E-state index in [2.05, 4.69) is 15.6 Å². The van der Waals surface area contributed by atoms with Gasteiger partial charge in [0.1, 0.15) is 23.9 Å². The van der Waals surface area contributed by atoms with Gasteiger partial charge in [0.05, 0.1) is 19.2 Å². The third-order valence-electron chi connectivity index (χ3n) is 6.37. The Morgan fingerprint density at radius 2 is 1.57 bits per heavy atom. The van der Waals surface area contributed by atoms with Gasteiger partial charge in [0, 0.05) is 36.7 Å². The van der Waals surface area contributed by atoms with Crippen molar-refractivity contribution >= 4 is 75.8 Å². The molecule has 0 aliphatic heterocycles. The van der Waals surface area contributed by atoms with Gasteiger partial charge in [-0.05, 0) is 30.9 Å². The van der Waals surface area contributed by atoms with Crippen LogP contribution in [-0.2, 0) is 23.9 Å². The smallest absolute Gasteiger partial charge is 0.329 e. The van der Waals surface area contributed by atoms with Crippen LogP contribution in [0.1, 0.15) is 10.5 Å². The Hall–Kier alpha value is -3.17. The third-order valence-corrected chi connectivity index (χ3v) is 8.34. The van der Waals surface area contributed by atoms with Crippen LogP contribution in [0.15, 0.2) is 30.3 Å². The number of hydrogen-bond donors (Lipinski definition) is 3. The van der Waals surface area contributed by atoms with Gasteiger partial charge in [-0.1, -0.05) is 18.2 Å². The maximum absolute atomic E-state index is 13.4. The number of pyridine rings is 1. The minimum Gasteiger partial charge on any atom is -0.505 e. The number of para-hydroxylation sites is 1. The highest BCUT2D eigenvalue weighted by Crippen LogP contribution is 2.22. The average Bonchev–Trinajstić information content (AvgIpc) is 2.98. The summed E-state index contributed by atoms with van der Waals surface area (Å²) >= 11 is 4.04. The van der Waals surface area contributed by atoms with E-state index in [1.54, 1.807) is 43.0 Å². The molecule has 2 rings (SSSR count). The number of hydrogen-bond acceptors (Lipinski definition) is 11. The quantitative estimate of drug-likeness (QED) is 0.240. The fourth-order valence-electron chi connectivity index (χ4n) is 3.96. The summed E-state index contributed by atoms with van der Waals surface area (Å²) in [5.74, 6) is -2.43. The van der Waals surface area contributed by atoms with E-state index in [1.807, 2.05) is 0 Å². The Kier molecular flexibility index (Phi) is 14.2. The van der Waals surface area contributed by atoms with Crippen LogP contribution in [0.2, 0.25) is 0 Å². The zero-order chi connectivity index (χ0) is 31.4. The lowest BCUT2D eigenvalue weighted by molar-refractivity contribution is -0.153. The van der Waals surface area contributed by atoms with Crippen molar-refractivity contribution in [1.29, 1.82) is 0 Å². The maximum Gasteiger partial charge on any atom is 0.329 e. The number of likely N-dealkylation sites (N-methyl/N-ethyl adjacent to an activating group) is 2. The molecule has 1 aromatic heterocycles. The number of carbonyl (C=O) groups excluding carboxylic acids is 5. The number of methoxy groups -OCH3 is 1. The number of carbonyl (C=O) groups is 5. The monoisotopic (exact) mass is 639 g/mol. The number of rotatable bonds is 15.